The van der Waals surface area contributed by atoms with Crippen molar-refractivity contribution in [1.29, 1.82) is 0 Å². The molecule has 6 nitrogen and oxygen atoms in total. The molecule has 0 aliphatic heterocycles. The van der Waals surface area contributed by atoms with Crippen LogP contribution in [-0.4, -0.2) is 14.1 Å². The number of nitrogens with zero attached hydrogens (tertiary/aromatic N) is 3. The maximum absolute atomic E-state index is 12.7. The molecule has 116 valence electrons. The molecule has 0 radical (unpaired) electrons. The van der Waals surface area contributed by atoms with Gasteiger partial charge in [-0.3, -0.25) is 13.9 Å². The number of aromatic nitrogens is 3. The van der Waals surface area contributed by atoms with E-state index in [1.54, 1.807) is 13.2 Å². The number of thiophene rings is 1. The van der Waals surface area contributed by atoms with Gasteiger partial charge < -0.3 is 4.42 Å². The van der Waals surface area contributed by atoms with E-state index in [1.165, 1.54) is 26.7 Å². The number of aryl methyl sites for hydroxylation is 2. The zero-order valence-electron chi connectivity index (χ0n) is 12.9. The predicted molar refractivity (Wildman–Crippen MR) is 86.4 cm³/mol. The van der Waals surface area contributed by atoms with E-state index in [-0.39, 0.29) is 17.2 Å². The van der Waals surface area contributed by atoms with E-state index in [1.807, 2.05) is 20.8 Å². The third-order valence-corrected chi connectivity index (χ3v) is 4.94. The van der Waals surface area contributed by atoms with Crippen molar-refractivity contribution >= 4 is 21.6 Å². The SMILES string of the molecule is Cc1c(-c2ncco2)sc2c1c(=O)n(CC(C)C)c(=O)n2C. The van der Waals surface area contributed by atoms with Gasteiger partial charge >= 0.3 is 5.69 Å². The molecule has 0 aliphatic carbocycles. The molecule has 3 rings (SSSR count). The third-order valence-electron chi connectivity index (χ3n) is 3.58. The van der Waals surface area contributed by atoms with Gasteiger partial charge in [0.15, 0.2) is 0 Å². The fraction of sp³-hybridized carbons (Fsp3) is 0.400. The van der Waals surface area contributed by atoms with E-state index < -0.39 is 0 Å². The highest BCUT2D eigenvalue weighted by Gasteiger charge is 2.21. The molecule has 3 heterocycles. The van der Waals surface area contributed by atoms with Crippen molar-refractivity contribution in [2.75, 3.05) is 0 Å². The van der Waals surface area contributed by atoms with E-state index >= 15 is 0 Å². The van der Waals surface area contributed by atoms with Crippen molar-refractivity contribution < 1.29 is 4.42 Å². The summed E-state index contributed by atoms with van der Waals surface area (Å²) in [7, 11) is 1.69. The van der Waals surface area contributed by atoms with E-state index in [0.717, 1.165) is 10.4 Å². The fourth-order valence-corrected chi connectivity index (χ4v) is 3.74. The Morgan fingerprint density at radius 3 is 2.68 bits per heavy atom. The molecule has 7 heteroatoms. The van der Waals surface area contributed by atoms with Gasteiger partial charge in [-0.25, -0.2) is 9.78 Å². The van der Waals surface area contributed by atoms with Crippen LogP contribution in [0.3, 0.4) is 0 Å². The van der Waals surface area contributed by atoms with E-state index in [2.05, 4.69) is 4.98 Å². The average molecular weight is 319 g/mol. The Morgan fingerprint density at radius 1 is 1.36 bits per heavy atom. The van der Waals surface area contributed by atoms with Crippen LogP contribution < -0.4 is 11.2 Å². The van der Waals surface area contributed by atoms with Crippen molar-refractivity contribution in [1.82, 2.24) is 14.1 Å². The van der Waals surface area contributed by atoms with Gasteiger partial charge in [-0.2, -0.15) is 0 Å². The number of oxazole rings is 1. The minimum atomic E-state index is -0.286. The molecule has 22 heavy (non-hydrogen) atoms. The number of fused-ring (bicyclic) bond motifs is 1. The first kappa shape index (κ1) is 14.8. The molecule has 0 aromatic carbocycles. The molecular formula is C15H17N3O3S. The minimum Gasteiger partial charge on any atom is -0.444 e. The molecule has 0 atom stereocenters. The lowest BCUT2D eigenvalue weighted by atomic mass is 10.2. The van der Waals surface area contributed by atoms with Gasteiger partial charge in [0.2, 0.25) is 5.89 Å². The smallest absolute Gasteiger partial charge is 0.331 e. The lowest BCUT2D eigenvalue weighted by Gasteiger charge is -2.10. The van der Waals surface area contributed by atoms with Crippen molar-refractivity contribution in [3.8, 4) is 10.8 Å². The van der Waals surface area contributed by atoms with E-state index in [0.29, 0.717) is 22.7 Å². The molecule has 0 fully saturated rings. The van der Waals surface area contributed by atoms with Gasteiger partial charge in [-0.05, 0) is 18.4 Å². The third kappa shape index (κ3) is 2.12. The molecule has 3 aromatic rings. The van der Waals surface area contributed by atoms with Crippen LogP contribution in [0, 0.1) is 12.8 Å². The molecule has 0 aliphatic rings. The summed E-state index contributed by atoms with van der Waals surface area (Å²) in [5, 5.41) is 0.570. The van der Waals surface area contributed by atoms with Gasteiger partial charge in [0, 0.05) is 13.6 Å². The first-order valence-corrected chi connectivity index (χ1v) is 7.86. The zero-order chi connectivity index (χ0) is 16.0. The first-order chi connectivity index (χ1) is 10.4. The predicted octanol–water partition coefficient (Wildman–Crippen LogP) is 2.38. The van der Waals surface area contributed by atoms with Gasteiger partial charge in [0.25, 0.3) is 5.56 Å². The molecule has 0 amide bonds. The van der Waals surface area contributed by atoms with Crippen molar-refractivity contribution in [3.63, 3.8) is 0 Å². The van der Waals surface area contributed by atoms with Crippen molar-refractivity contribution in [2.45, 2.75) is 27.3 Å². The second kappa shape index (κ2) is 5.24. The average Bonchev–Trinajstić information content (AvgIpc) is 3.08. The lowest BCUT2D eigenvalue weighted by Crippen LogP contribution is -2.39. The minimum absolute atomic E-state index is 0.216. The molecule has 0 saturated carbocycles. The Balaban J connectivity index is 2.39. The fourth-order valence-electron chi connectivity index (χ4n) is 2.54. The summed E-state index contributed by atoms with van der Waals surface area (Å²) in [4.78, 5) is 30.8. The molecular weight excluding hydrogens is 302 g/mol. The van der Waals surface area contributed by atoms with Crippen LogP contribution in [0.1, 0.15) is 19.4 Å². The normalized spacial score (nSPS) is 11.7. The van der Waals surface area contributed by atoms with Crippen LogP contribution in [0.15, 0.2) is 26.5 Å². The summed E-state index contributed by atoms with van der Waals surface area (Å²) >= 11 is 1.36. The summed E-state index contributed by atoms with van der Waals surface area (Å²) < 4.78 is 8.18. The van der Waals surface area contributed by atoms with Crippen LogP contribution in [0.5, 0.6) is 0 Å². The van der Waals surface area contributed by atoms with Gasteiger partial charge in [-0.15, -0.1) is 11.3 Å². The van der Waals surface area contributed by atoms with Crippen LogP contribution in [0.25, 0.3) is 21.0 Å². The monoisotopic (exact) mass is 319 g/mol. The van der Waals surface area contributed by atoms with Gasteiger partial charge in [0.05, 0.1) is 16.5 Å². The second-order valence-corrected chi connectivity index (χ2v) is 6.72. The summed E-state index contributed by atoms with van der Waals surface area (Å²) in [5.41, 5.74) is 0.283. The Kier molecular flexibility index (Phi) is 3.52. The molecule has 0 unspecified atom stereocenters. The largest absolute Gasteiger partial charge is 0.444 e. The Labute approximate surface area is 130 Å². The number of rotatable bonds is 3. The molecule has 3 aromatic heterocycles. The quantitative estimate of drug-likeness (QED) is 0.743. The topological polar surface area (TPSA) is 70.0 Å². The van der Waals surface area contributed by atoms with E-state index in [9.17, 15) is 9.59 Å². The molecule has 0 spiro atoms. The number of hydrogen-bond donors (Lipinski definition) is 0. The van der Waals surface area contributed by atoms with Gasteiger partial charge in [0.1, 0.15) is 11.1 Å². The summed E-state index contributed by atoms with van der Waals surface area (Å²) in [6.07, 6.45) is 3.06. The Morgan fingerprint density at radius 2 is 2.09 bits per heavy atom. The van der Waals surface area contributed by atoms with Crippen molar-refractivity contribution in [2.24, 2.45) is 13.0 Å². The zero-order valence-corrected chi connectivity index (χ0v) is 13.7. The van der Waals surface area contributed by atoms with E-state index in [4.69, 9.17) is 4.42 Å². The molecule has 0 saturated heterocycles. The Hall–Kier alpha value is -2.15. The maximum atomic E-state index is 12.7. The summed E-state index contributed by atoms with van der Waals surface area (Å²) in [5.74, 6) is 0.689. The summed E-state index contributed by atoms with van der Waals surface area (Å²) in [6.45, 7) is 6.23. The first-order valence-electron chi connectivity index (χ1n) is 7.04. The lowest BCUT2D eigenvalue weighted by molar-refractivity contribution is 0.486. The van der Waals surface area contributed by atoms with Crippen molar-refractivity contribution in [3.05, 3.63) is 38.9 Å². The highest BCUT2D eigenvalue weighted by molar-refractivity contribution is 7.22. The van der Waals surface area contributed by atoms with Crippen LogP contribution in [0.2, 0.25) is 0 Å². The van der Waals surface area contributed by atoms with Crippen LogP contribution >= 0.6 is 11.3 Å². The van der Waals surface area contributed by atoms with Crippen LogP contribution in [0.4, 0.5) is 0 Å². The highest BCUT2D eigenvalue weighted by Crippen LogP contribution is 2.34. The standard InChI is InChI=1S/C15H17N3O3S/c1-8(2)7-18-13(19)10-9(3)11(12-16-5-6-21-12)22-14(10)17(4)15(18)20/h5-6,8H,7H2,1-4H3. The summed E-state index contributed by atoms with van der Waals surface area (Å²) in [6, 6.07) is 0. The number of hydrogen-bond acceptors (Lipinski definition) is 5. The second-order valence-electron chi connectivity index (χ2n) is 5.72. The van der Waals surface area contributed by atoms with Gasteiger partial charge in [-0.1, -0.05) is 13.8 Å². The Bertz CT molecular complexity index is 945. The molecule has 0 bridgehead atoms. The highest BCUT2D eigenvalue weighted by atomic mass is 32.1. The van der Waals surface area contributed by atoms with Crippen LogP contribution in [-0.2, 0) is 13.6 Å². The maximum Gasteiger partial charge on any atom is 0.331 e. The molecule has 0 N–H and O–H groups in total.